The van der Waals surface area contributed by atoms with Crippen LogP contribution in [0.4, 0.5) is 5.69 Å². The normalized spacial score (nSPS) is 12.3. The van der Waals surface area contributed by atoms with Gasteiger partial charge in [-0.2, -0.15) is 4.99 Å². The van der Waals surface area contributed by atoms with Crippen LogP contribution in [0.1, 0.15) is 21.5 Å². The third-order valence-electron chi connectivity index (χ3n) is 4.94. The molecule has 31 heavy (non-hydrogen) atoms. The van der Waals surface area contributed by atoms with Crippen molar-refractivity contribution >= 4 is 43.2 Å². The number of hydrogen-bond acceptors (Lipinski definition) is 4. The first-order chi connectivity index (χ1) is 14.7. The maximum absolute atomic E-state index is 12.7. The Hall–Kier alpha value is -3.23. The van der Waals surface area contributed by atoms with Gasteiger partial charge >= 0.3 is 0 Å². The highest BCUT2D eigenvalue weighted by Gasteiger charge is 2.14. The number of sulfonamides is 1. The van der Waals surface area contributed by atoms with Gasteiger partial charge in [0.25, 0.3) is 15.9 Å². The van der Waals surface area contributed by atoms with E-state index < -0.39 is 10.0 Å². The number of hydrogen-bond donors (Lipinski definition) is 1. The number of anilines is 1. The number of rotatable bonds is 4. The quantitative estimate of drug-likeness (QED) is 0.499. The van der Waals surface area contributed by atoms with Gasteiger partial charge in [-0.15, -0.1) is 0 Å². The fraction of sp³-hybridized carbons (Fsp3) is 0.130. The van der Waals surface area contributed by atoms with E-state index in [2.05, 4.69) is 9.71 Å². The second-order valence-corrected chi connectivity index (χ2v) is 9.97. The number of para-hydroxylation sites is 1. The van der Waals surface area contributed by atoms with Gasteiger partial charge < -0.3 is 4.57 Å². The summed E-state index contributed by atoms with van der Waals surface area (Å²) < 4.78 is 30.6. The second-order valence-electron chi connectivity index (χ2n) is 7.28. The minimum atomic E-state index is -3.70. The number of carbonyl (C=O) groups is 1. The minimum Gasteiger partial charge on any atom is -0.319 e. The van der Waals surface area contributed by atoms with Crippen molar-refractivity contribution in [2.45, 2.75) is 18.7 Å². The molecule has 0 aliphatic carbocycles. The van der Waals surface area contributed by atoms with Gasteiger partial charge in [-0.25, -0.2) is 8.42 Å². The molecule has 158 valence electrons. The van der Waals surface area contributed by atoms with Crippen molar-refractivity contribution < 1.29 is 13.2 Å². The molecule has 0 saturated heterocycles. The third kappa shape index (κ3) is 4.30. The predicted molar refractivity (Wildman–Crippen MR) is 124 cm³/mol. The fourth-order valence-corrected chi connectivity index (χ4v) is 5.42. The molecular formula is C23H21N3O3S2. The molecule has 0 spiro atoms. The molecule has 6 nitrogen and oxygen atoms in total. The summed E-state index contributed by atoms with van der Waals surface area (Å²) >= 11 is 1.45. The minimum absolute atomic E-state index is 0.181. The molecule has 0 bridgehead atoms. The van der Waals surface area contributed by atoms with E-state index in [-0.39, 0.29) is 10.8 Å². The van der Waals surface area contributed by atoms with Crippen LogP contribution in [-0.4, -0.2) is 18.9 Å². The summed E-state index contributed by atoms with van der Waals surface area (Å²) in [4.78, 5) is 17.7. The van der Waals surface area contributed by atoms with Crippen molar-refractivity contribution in [2.24, 2.45) is 12.0 Å². The van der Waals surface area contributed by atoms with Crippen LogP contribution in [0.25, 0.3) is 10.2 Å². The summed E-state index contributed by atoms with van der Waals surface area (Å²) in [6.07, 6.45) is 0. The van der Waals surface area contributed by atoms with E-state index >= 15 is 0 Å². The summed E-state index contributed by atoms with van der Waals surface area (Å²) in [6, 6.07) is 18.9. The van der Waals surface area contributed by atoms with E-state index in [1.54, 1.807) is 48.5 Å². The first-order valence-electron chi connectivity index (χ1n) is 9.58. The highest BCUT2D eigenvalue weighted by atomic mass is 32.2. The monoisotopic (exact) mass is 451 g/mol. The summed E-state index contributed by atoms with van der Waals surface area (Å²) in [5.74, 6) is -0.382. The average Bonchev–Trinajstić information content (AvgIpc) is 3.05. The molecule has 0 radical (unpaired) electrons. The molecule has 1 heterocycles. The molecular weight excluding hydrogens is 430 g/mol. The highest BCUT2D eigenvalue weighted by Crippen LogP contribution is 2.20. The van der Waals surface area contributed by atoms with Crippen LogP contribution in [-0.2, 0) is 17.1 Å². The molecule has 8 heteroatoms. The number of fused-ring (bicyclic) bond motifs is 1. The van der Waals surface area contributed by atoms with Crippen molar-refractivity contribution in [3.05, 3.63) is 88.2 Å². The molecule has 3 aromatic carbocycles. The number of carbonyl (C=O) groups excluding carboxylic acids is 1. The average molecular weight is 452 g/mol. The summed E-state index contributed by atoms with van der Waals surface area (Å²) in [5.41, 5.74) is 3.91. The van der Waals surface area contributed by atoms with Gasteiger partial charge in [0.2, 0.25) is 0 Å². The molecule has 0 fully saturated rings. The Morgan fingerprint density at radius 2 is 1.65 bits per heavy atom. The lowest BCUT2D eigenvalue weighted by Crippen LogP contribution is -2.14. The van der Waals surface area contributed by atoms with Crippen molar-refractivity contribution in [3.63, 3.8) is 0 Å². The van der Waals surface area contributed by atoms with Crippen LogP contribution >= 0.6 is 11.3 Å². The van der Waals surface area contributed by atoms with Crippen LogP contribution in [0.5, 0.6) is 0 Å². The van der Waals surface area contributed by atoms with Crippen LogP contribution in [0, 0.1) is 13.8 Å². The Morgan fingerprint density at radius 3 is 2.29 bits per heavy atom. The van der Waals surface area contributed by atoms with Gasteiger partial charge in [-0.05, 0) is 61.9 Å². The summed E-state index contributed by atoms with van der Waals surface area (Å²) in [5, 5.41) is 0. The SMILES string of the molecule is Cc1ccc(S(=O)(=O)Nc2ccc(C(=O)N=c3sc4cccc(C)c4n3C)cc2)cc1. The lowest BCUT2D eigenvalue weighted by atomic mass is 10.2. The van der Waals surface area contributed by atoms with Crippen LogP contribution < -0.4 is 9.52 Å². The maximum Gasteiger partial charge on any atom is 0.279 e. The van der Waals surface area contributed by atoms with E-state index in [1.165, 1.54) is 11.3 Å². The highest BCUT2D eigenvalue weighted by molar-refractivity contribution is 7.92. The van der Waals surface area contributed by atoms with E-state index in [1.807, 2.05) is 43.7 Å². The number of amides is 1. The van der Waals surface area contributed by atoms with Gasteiger partial charge in [0.1, 0.15) is 0 Å². The van der Waals surface area contributed by atoms with E-state index in [0.29, 0.717) is 16.1 Å². The third-order valence-corrected chi connectivity index (χ3v) is 7.43. The molecule has 1 aromatic heterocycles. The first kappa shape index (κ1) is 21.0. The number of benzene rings is 3. The fourth-order valence-electron chi connectivity index (χ4n) is 3.27. The zero-order valence-corrected chi connectivity index (χ0v) is 18.9. The smallest absolute Gasteiger partial charge is 0.279 e. The molecule has 1 N–H and O–H groups in total. The molecule has 0 aliphatic rings. The maximum atomic E-state index is 12.7. The van der Waals surface area contributed by atoms with Gasteiger partial charge in [-0.3, -0.25) is 9.52 Å². The Morgan fingerprint density at radius 1 is 0.968 bits per heavy atom. The Balaban J connectivity index is 1.58. The van der Waals surface area contributed by atoms with Crippen molar-refractivity contribution in [1.82, 2.24) is 4.57 Å². The Bertz CT molecular complexity index is 1450. The first-order valence-corrected chi connectivity index (χ1v) is 11.9. The summed E-state index contributed by atoms with van der Waals surface area (Å²) in [7, 11) is -1.81. The summed E-state index contributed by atoms with van der Waals surface area (Å²) in [6.45, 7) is 3.92. The molecule has 0 aliphatic heterocycles. The van der Waals surface area contributed by atoms with Crippen LogP contribution in [0.2, 0.25) is 0 Å². The number of aromatic nitrogens is 1. The number of nitrogens with one attached hydrogen (secondary N) is 1. The molecule has 4 rings (SSSR count). The van der Waals surface area contributed by atoms with Crippen LogP contribution in [0.15, 0.2) is 76.6 Å². The molecule has 1 amide bonds. The van der Waals surface area contributed by atoms with E-state index in [4.69, 9.17) is 0 Å². The van der Waals surface area contributed by atoms with E-state index in [9.17, 15) is 13.2 Å². The number of nitrogens with zero attached hydrogens (tertiary/aromatic N) is 2. The number of aryl methyl sites for hydroxylation is 3. The standard InChI is InChI=1S/C23H21N3O3S2/c1-15-7-13-19(14-8-15)31(28,29)25-18-11-9-17(10-12-18)22(27)24-23-26(3)21-16(2)5-4-6-20(21)30-23/h4-14,25H,1-3H3. The Labute approximate surface area is 184 Å². The number of thiazole rings is 1. The Kier molecular flexibility index (Phi) is 5.51. The lowest BCUT2D eigenvalue weighted by Gasteiger charge is -2.08. The van der Waals surface area contributed by atoms with Gasteiger partial charge in [0.15, 0.2) is 4.80 Å². The van der Waals surface area contributed by atoms with Gasteiger partial charge in [0.05, 0.1) is 15.1 Å². The molecule has 0 saturated carbocycles. The largest absolute Gasteiger partial charge is 0.319 e. The van der Waals surface area contributed by atoms with Gasteiger partial charge in [0, 0.05) is 18.3 Å². The lowest BCUT2D eigenvalue weighted by molar-refractivity contribution is 0.0998. The van der Waals surface area contributed by atoms with Crippen LogP contribution in [0.3, 0.4) is 0 Å². The molecule has 0 unspecified atom stereocenters. The zero-order chi connectivity index (χ0) is 22.2. The van der Waals surface area contributed by atoms with Crippen molar-refractivity contribution in [2.75, 3.05) is 4.72 Å². The molecule has 4 aromatic rings. The topological polar surface area (TPSA) is 80.5 Å². The van der Waals surface area contributed by atoms with Crippen molar-refractivity contribution in [1.29, 1.82) is 0 Å². The predicted octanol–water partition coefficient (Wildman–Crippen LogP) is 4.40. The zero-order valence-electron chi connectivity index (χ0n) is 17.3. The van der Waals surface area contributed by atoms with Crippen molar-refractivity contribution in [3.8, 4) is 0 Å². The second kappa shape index (κ2) is 8.13. The van der Waals surface area contributed by atoms with E-state index in [0.717, 1.165) is 21.3 Å². The molecule has 0 atom stereocenters. The van der Waals surface area contributed by atoms with Gasteiger partial charge in [-0.1, -0.05) is 41.2 Å².